The van der Waals surface area contributed by atoms with Crippen molar-refractivity contribution in [3.63, 3.8) is 0 Å². The van der Waals surface area contributed by atoms with Crippen molar-refractivity contribution in [3.05, 3.63) is 11.9 Å². The van der Waals surface area contributed by atoms with Gasteiger partial charge in [0.2, 0.25) is 0 Å². The Kier molecular flexibility index (Phi) is 4.39. The average Bonchev–Trinajstić information content (AvgIpc) is 3.20. The van der Waals surface area contributed by atoms with E-state index in [2.05, 4.69) is 41.4 Å². The van der Waals surface area contributed by atoms with Crippen molar-refractivity contribution in [1.29, 1.82) is 0 Å². The van der Waals surface area contributed by atoms with Crippen LogP contribution >= 0.6 is 0 Å². The van der Waals surface area contributed by atoms with Crippen molar-refractivity contribution in [2.75, 3.05) is 23.7 Å². The van der Waals surface area contributed by atoms with Crippen molar-refractivity contribution in [1.82, 2.24) is 9.97 Å². The molecule has 1 aliphatic rings. The van der Waals surface area contributed by atoms with Crippen LogP contribution in [-0.2, 0) is 6.42 Å². The Balaban J connectivity index is 2.03. The first kappa shape index (κ1) is 13.1. The Labute approximate surface area is 110 Å². The van der Waals surface area contributed by atoms with Crippen LogP contribution in [0.1, 0.15) is 39.2 Å². The van der Waals surface area contributed by atoms with Crippen LogP contribution in [0.4, 0.5) is 11.6 Å². The van der Waals surface area contributed by atoms with Gasteiger partial charge in [0.05, 0.1) is 0 Å². The molecular weight excluding hydrogens is 224 g/mol. The molecule has 100 valence electrons. The molecule has 1 aliphatic carbocycles. The number of nitrogens with zero attached hydrogens (tertiary/aromatic N) is 2. The monoisotopic (exact) mass is 248 g/mol. The highest BCUT2D eigenvalue weighted by Crippen LogP contribution is 2.36. The molecule has 1 aromatic heterocycles. The van der Waals surface area contributed by atoms with Gasteiger partial charge in [-0.2, -0.15) is 0 Å². The van der Waals surface area contributed by atoms with Gasteiger partial charge in [-0.25, -0.2) is 9.97 Å². The van der Waals surface area contributed by atoms with E-state index < -0.39 is 0 Å². The fourth-order valence-corrected chi connectivity index (χ4v) is 2.31. The van der Waals surface area contributed by atoms with Crippen LogP contribution in [0, 0.1) is 11.8 Å². The summed E-state index contributed by atoms with van der Waals surface area (Å²) in [4.78, 5) is 8.69. The number of aromatic nitrogens is 2. The molecule has 4 nitrogen and oxygen atoms in total. The Bertz CT molecular complexity index is 387. The number of nitrogens with one attached hydrogen (secondary N) is 2. The number of rotatable bonds is 7. The molecule has 2 N–H and O–H groups in total. The van der Waals surface area contributed by atoms with Crippen LogP contribution in [-0.4, -0.2) is 23.1 Å². The summed E-state index contributed by atoms with van der Waals surface area (Å²) in [6, 6.07) is 0. The minimum absolute atomic E-state index is 0.743. The van der Waals surface area contributed by atoms with Crippen LogP contribution in [0.5, 0.6) is 0 Å². The van der Waals surface area contributed by atoms with E-state index in [1.54, 1.807) is 6.33 Å². The van der Waals surface area contributed by atoms with Crippen LogP contribution in [0.3, 0.4) is 0 Å². The molecule has 0 saturated heterocycles. The van der Waals surface area contributed by atoms with Gasteiger partial charge in [-0.3, -0.25) is 0 Å². The predicted octanol–water partition coefficient (Wildman–Crippen LogP) is 2.93. The summed E-state index contributed by atoms with van der Waals surface area (Å²) in [5, 5.41) is 6.79. The molecule has 0 spiro atoms. The fraction of sp³-hybridized carbons (Fsp3) is 0.714. The van der Waals surface area contributed by atoms with Crippen LogP contribution in [0.15, 0.2) is 6.33 Å². The van der Waals surface area contributed by atoms with E-state index in [1.165, 1.54) is 18.4 Å². The third-order valence-corrected chi connectivity index (χ3v) is 3.66. The highest BCUT2D eigenvalue weighted by atomic mass is 15.1. The van der Waals surface area contributed by atoms with E-state index in [-0.39, 0.29) is 0 Å². The summed E-state index contributed by atoms with van der Waals surface area (Å²) in [5.74, 6) is 3.64. The quantitative estimate of drug-likeness (QED) is 0.779. The lowest BCUT2D eigenvalue weighted by atomic mass is 10.1. The second-order valence-electron chi connectivity index (χ2n) is 5.13. The van der Waals surface area contributed by atoms with Crippen molar-refractivity contribution in [2.24, 2.45) is 11.8 Å². The van der Waals surface area contributed by atoms with Crippen LogP contribution < -0.4 is 10.6 Å². The smallest absolute Gasteiger partial charge is 0.134 e. The first-order chi connectivity index (χ1) is 8.76. The van der Waals surface area contributed by atoms with Crippen LogP contribution in [0.2, 0.25) is 0 Å². The zero-order chi connectivity index (χ0) is 13.0. The summed E-state index contributed by atoms with van der Waals surface area (Å²) in [7, 11) is 0. The molecule has 2 rings (SSSR count). The van der Waals surface area contributed by atoms with Gasteiger partial charge in [0, 0.05) is 18.7 Å². The number of hydrogen-bond donors (Lipinski definition) is 2. The van der Waals surface area contributed by atoms with Gasteiger partial charge in [0.25, 0.3) is 0 Å². The van der Waals surface area contributed by atoms with Crippen LogP contribution in [0.25, 0.3) is 0 Å². The Morgan fingerprint density at radius 2 is 1.89 bits per heavy atom. The highest BCUT2D eigenvalue weighted by Gasteiger charge is 2.27. The summed E-state index contributed by atoms with van der Waals surface area (Å²) < 4.78 is 0. The summed E-state index contributed by atoms with van der Waals surface area (Å²) in [6.07, 6.45) is 5.39. The second-order valence-corrected chi connectivity index (χ2v) is 5.13. The first-order valence-corrected chi connectivity index (χ1v) is 7.07. The maximum absolute atomic E-state index is 4.38. The van der Waals surface area contributed by atoms with Crippen molar-refractivity contribution < 1.29 is 0 Å². The van der Waals surface area contributed by atoms with E-state index in [4.69, 9.17) is 0 Å². The predicted molar refractivity (Wildman–Crippen MR) is 76.0 cm³/mol. The minimum atomic E-state index is 0.743. The summed E-state index contributed by atoms with van der Waals surface area (Å²) in [5.41, 5.74) is 1.20. The maximum atomic E-state index is 4.38. The van der Waals surface area contributed by atoms with E-state index in [0.29, 0.717) is 0 Å². The molecule has 1 aromatic rings. The molecule has 1 fully saturated rings. The van der Waals surface area contributed by atoms with Crippen molar-refractivity contribution >= 4 is 11.6 Å². The maximum Gasteiger partial charge on any atom is 0.134 e. The topological polar surface area (TPSA) is 49.8 Å². The fourth-order valence-electron chi connectivity index (χ4n) is 2.31. The molecule has 1 heterocycles. The average molecular weight is 248 g/mol. The Hall–Kier alpha value is -1.32. The molecular formula is C14H24N4. The molecule has 18 heavy (non-hydrogen) atoms. The zero-order valence-corrected chi connectivity index (χ0v) is 11.7. The normalized spacial score (nSPS) is 16.4. The van der Waals surface area contributed by atoms with E-state index in [9.17, 15) is 0 Å². The summed E-state index contributed by atoms with van der Waals surface area (Å²) >= 11 is 0. The van der Waals surface area contributed by atoms with Gasteiger partial charge in [-0.15, -0.1) is 0 Å². The van der Waals surface area contributed by atoms with E-state index >= 15 is 0 Å². The van der Waals surface area contributed by atoms with Gasteiger partial charge in [0.15, 0.2) is 0 Å². The third-order valence-electron chi connectivity index (χ3n) is 3.66. The first-order valence-electron chi connectivity index (χ1n) is 7.07. The van der Waals surface area contributed by atoms with Gasteiger partial charge >= 0.3 is 0 Å². The number of hydrogen-bond acceptors (Lipinski definition) is 4. The molecule has 4 heteroatoms. The lowest BCUT2D eigenvalue weighted by Crippen LogP contribution is -2.16. The molecule has 1 atom stereocenters. The zero-order valence-electron chi connectivity index (χ0n) is 11.7. The Morgan fingerprint density at radius 3 is 2.44 bits per heavy atom. The standard InChI is InChI=1S/C14H24N4/c1-4-12-13(15-5-2)17-9-18-14(12)16-8-10(3)11-6-7-11/h9-11H,4-8H2,1-3H3,(H2,15,16,17,18). The summed E-state index contributed by atoms with van der Waals surface area (Å²) in [6.45, 7) is 8.46. The second kappa shape index (κ2) is 6.03. The molecule has 0 bridgehead atoms. The third kappa shape index (κ3) is 3.12. The van der Waals surface area contributed by atoms with E-state index in [1.807, 2.05) is 0 Å². The SMILES string of the molecule is CCNc1ncnc(NCC(C)C2CC2)c1CC. The van der Waals surface area contributed by atoms with E-state index in [0.717, 1.165) is 43.0 Å². The highest BCUT2D eigenvalue weighted by molar-refractivity contribution is 5.57. The lowest BCUT2D eigenvalue weighted by molar-refractivity contribution is 0.535. The minimum Gasteiger partial charge on any atom is -0.370 e. The lowest BCUT2D eigenvalue weighted by Gasteiger charge is -2.16. The number of anilines is 2. The molecule has 0 amide bonds. The largest absolute Gasteiger partial charge is 0.370 e. The molecule has 0 aromatic carbocycles. The van der Waals surface area contributed by atoms with Gasteiger partial charge < -0.3 is 10.6 Å². The molecule has 0 radical (unpaired) electrons. The van der Waals surface area contributed by atoms with Gasteiger partial charge in [-0.1, -0.05) is 13.8 Å². The molecule has 1 saturated carbocycles. The van der Waals surface area contributed by atoms with Gasteiger partial charge in [-0.05, 0) is 38.0 Å². The molecule has 1 unspecified atom stereocenters. The van der Waals surface area contributed by atoms with Crippen molar-refractivity contribution in [2.45, 2.75) is 40.0 Å². The Morgan fingerprint density at radius 1 is 1.22 bits per heavy atom. The molecule has 0 aliphatic heterocycles. The van der Waals surface area contributed by atoms with Gasteiger partial charge in [0.1, 0.15) is 18.0 Å². The van der Waals surface area contributed by atoms with Crippen molar-refractivity contribution in [3.8, 4) is 0 Å².